The molecule has 28 heavy (non-hydrogen) atoms. The summed E-state index contributed by atoms with van der Waals surface area (Å²) in [7, 11) is 1.47. The fourth-order valence-electron chi connectivity index (χ4n) is 2.56. The molecule has 0 aliphatic rings. The molecule has 0 fully saturated rings. The third kappa shape index (κ3) is 3.63. The number of hydrogen-bond donors (Lipinski definition) is 1. The molecule has 0 unspecified atom stereocenters. The highest BCUT2D eigenvalue weighted by atomic mass is 19.1. The van der Waals surface area contributed by atoms with Crippen LogP contribution in [-0.2, 0) is 6.42 Å². The fourth-order valence-corrected chi connectivity index (χ4v) is 2.56. The summed E-state index contributed by atoms with van der Waals surface area (Å²) in [4.78, 5) is 22.6. The number of rotatable bonds is 6. The Balaban J connectivity index is 1.89. The van der Waals surface area contributed by atoms with Crippen molar-refractivity contribution in [1.82, 2.24) is 20.0 Å². The molecule has 1 amide bonds. The van der Waals surface area contributed by atoms with E-state index in [1.165, 1.54) is 24.1 Å². The molecule has 0 bridgehead atoms. The maximum Gasteiger partial charge on any atom is 0.306 e. The largest absolute Gasteiger partial charge is 0.480 e. The first-order chi connectivity index (χ1) is 13.4. The van der Waals surface area contributed by atoms with Gasteiger partial charge in [0.15, 0.2) is 5.82 Å². The predicted molar refractivity (Wildman–Crippen MR) is 96.1 cm³/mol. The number of methoxy groups -OCH3 is 1. The lowest BCUT2D eigenvalue weighted by Crippen LogP contribution is -2.15. The number of carbonyl (C=O) groups is 1. The molecule has 1 aromatic carbocycles. The summed E-state index contributed by atoms with van der Waals surface area (Å²) in [6, 6.07) is 6.37. The van der Waals surface area contributed by atoms with E-state index >= 15 is 0 Å². The van der Waals surface area contributed by atoms with Crippen LogP contribution in [0, 0.1) is 15.9 Å². The highest BCUT2D eigenvalue weighted by Gasteiger charge is 2.20. The van der Waals surface area contributed by atoms with E-state index in [1.807, 2.05) is 6.92 Å². The Morgan fingerprint density at radius 2 is 2.11 bits per heavy atom. The second kappa shape index (κ2) is 7.78. The molecule has 0 saturated heterocycles. The topological polar surface area (TPSA) is 125 Å². The van der Waals surface area contributed by atoms with E-state index in [2.05, 4.69) is 20.6 Å². The first-order valence-corrected chi connectivity index (χ1v) is 8.14. The number of ether oxygens (including phenoxy) is 1. The zero-order chi connectivity index (χ0) is 20.3. The molecular formula is C17H15FN6O4. The summed E-state index contributed by atoms with van der Waals surface area (Å²) in [6.07, 6.45) is 1.82. The average molecular weight is 386 g/mol. The first-order valence-electron chi connectivity index (χ1n) is 8.14. The number of benzene rings is 1. The van der Waals surface area contributed by atoms with Crippen LogP contribution in [0.4, 0.5) is 15.8 Å². The quantitative estimate of drug-likeness (QED) is 0.510. The zero-order valence-electron chi connectivity index (χ0n) is 14.9. The average Bonchev–Trinajstić information content (AvgIpc) is 3.13. The predicted octanol–water partition coefficient (Wildman–Crippen LogP) is 2.53. The van der Waals surface area contributed by atoms with E-state index in [9.17, 15) is 19.3 Å². The minimum atomic E-state index is -0.983. The maximum absolute atomic E-state index is 13.5. The van der Waals surface area contributed by atoms with Crippen molar-refractivity contribution in [3.63, 3.8) is 0 Å². The normalized spacial score (nSPS) is 10.5. The second-order valence-electron chi connectivity index (χ2n) is 5.58. The van der Waals surface area contributed by atoms with Crippen LogP contribution in [0.2, 0.25) is 0 Å². The Morgan fingerprint density at radius 3 is 2.71 bits per heavy atom. The van der Waals surface area contributed by atoms with Gasteiger partial charge in [0.25, 0.3) is 5.91 Å². The molecule has 0 atom stereocenters. The lowest BCUT2D eigenvalue weighted by molar-refractivity contribution is -0.387. The van der Waals surface area contributed by atoms with Gasteiger partial charge in [-0.15, -0.1) is 10.2 Å². The molecular weight excluding hydrogens is 371 g/mol. The van der Waals surface area contributed by atoms with Crippen LogP contribution in [-0.4, -0.2) is 37.9 Å². The van der Waals surface area contributed by atoms with Crippen molar-refractivity contribution < 1.29 is 18.8 Å². The molecule has 2 heterocycles. The fraction of sp³-hybridized carbons (Fsp3) is 0.176. The zero-order valence-corrected chi connectivity index (χ0v) is 14.9. The molecule has 3 aromatic rings. The van der Waals surface area contributed by atoms with Crippen LogP contribution in [0.15, 0.2) is 36.5 Å². The second-order valence-corrected chi connectivity index (χ2v) is 5.58. The van der Waals surface area contributed by atoms with Gasteiger partial charge in [0.2, 0.25) is 11.7 Å². The van der Waals surface area contributed by atoms with Crippen molar-refractivity contribution >= 4 is 17.3 Å². The Labute approximate surface area is 158 Å². The van der Waals surface area contributed by atoms with Gasteiger partial charge in [0.1, 0.15) is 0 Å². The molecule has 0 radical (unpaired) electrons. The maximum atomic E-state index is 13.5. The summed E-state index contributed by atoms with van der Waals surface area (Å²) in [5, 5.41) is 25.4. The van der Waals surface area contributed by atoms with Gasteiger partial charge in [-0.05, 0) is 24.6 Å². The van der Waals surface area contributed by atoms with Gasteiger partial charge in [-0.1, -0.05) is 6.92 Å². The lowest BCUT2D eigenvalue weighted by Gasteiger charge is -2.08. The minimum Gasteiger partial charge on any atom is -0.480 e. The van der Waals surface area contributed by atoms with E-state index in [1.54, 1.807) is 12.1 Å². The number of nitro benzene ring substituents is 1. The summed E-state index contributed by atoms with van der Waals surface area (Å²) in [5.74, 6) is -0.785. The van der Waals surface area contributed by atoms with Crippen molar-refractivity contribution in [3.8, 4) is 11.7 Å². The first kappa shape index (κ1) is 18.9. The molecule has 2 aromatic heterocycles. The SMILES string of the molecule is CCc1c(C(=O)Nc2ccc(F)c([N+](=O)[O-])c2)cnn1-c1ccc(OC)nn1. The number of aromatic nitrogens is 4. The van der Waals surface area contributed by atoms with E-state index < -0.39 is 22.3 Å². The number of anilines is 1. The number of nitrogens with zero attached hydrogens (tertiary/aromatic N) is 5. The Bertz CT molecular complexity index is 1030. The molecule has 1 N–H and O–H groups in total. The van der Waals surface area contributed by atoms with Crippen molar-refractivity contribution in [2.24, 2.45) is 0 Å². The number of nitrogens with one attached hydrogen (secondary N) is 1. The van der Waals surface area contributed by atoms with Gasteiger partial charge in [0.05, 0.1) is 29.5 Å². The molecule has 0 aliphatic heterocycles. The number of carbonyl (C=O) groups excluding carboxylic acids is 1. The Hall–Kier alpha value is -3.89. The third-order valence-electron chi connectivity index (χ3n) is 3.90. The van der Waals surface area contributed by atoms with Crippen LogP contribution in [0.25, 0.3) is 5.82 Å². The van der Waals surface area contributed by atoms with Gasteiger partial charge in [0, 0.05) is 17.8 Å². The van der Waals surface area contributed by atoms with Gasteiger partial charge >= 0.3 is 5.69 Å². The van der Waals surface area contributed by atoms with Gasteiger partial charge in [-0.3, -0.25) is 14.9 Å². The van der Waals surface area contributed by atoms with Crippen molar-refractivity contribution in [3.05, 3.63) is 63.7 Å². The number of halogens is 1. The molecule has 0 saturated carbocycles. The molecule has 3 rings (SSSR count). The van der Waals surface area contributed by atoms with Gasteiger partial charge in [-0.25, -0.2) is 4.68 Å². The highest BCUT2D eigenvalue weighted by Crippen LogP contribution is 2.23. The molecule has 0 aliphatic carbocycles. The molecule has 11 heteroatoms. The van der Waals surface area contributed by atoms with Gasteiger partial charge in [-0.2, -0.15) is 9.49 Å². The summed E-state index contributed by atoms with van der Waals surface area (Å²) in [5.41, 5.74) is 0.190. The van der Waals surface area contributed by atoms with Crippen molar-refractivity contribution in [1.29, 1.82) is 0 Å². The minimum absolute atomic E-state index is 0.0946. The third-order valence-corrected chi connectivity index (χ3v) is 3.90. The number of hydrogen-bond acceptors (Lipinski definition) is 7. The van der Waals surface area contributed by atoms with Crippen molar-refractivity contribution in [2.75, 3.05) is 12.4 Å². The standard InChI is InChI=1S/C17H15FN6O4/c1-3-13-11(9-19-23(13)15-6-7-16(28-2)22-21-15)17(25)20-10-4-5-12(18)14(8-10)24(26)27/h4-9H,3H2,1-2H3,(H,20,25). The summed E-state index contributed by atoms with van der Waals surface area (Å²) >= 11 is 0. The van der Waals surface area contributed by atoms with Crippen LogP contribution >= 0.6 is 0 Å². The summed E-state index contributed by atoms with van der Waals surface area (Å²) < 4.78 is 19.9. The lowest BCUT2D eigenvalue weighted by atomic mass is 10.2. The van der Waals surface area contributed by atoms with Gasteiger partial charge < -0.3 is 10.1 Å². The number of nitro groups is 1. The molecule has 10 nitrogen and oxygen atoms in total. The number of amides is 1. The monoisotopic (exact) mass is 386 g/mol. The van der Waals surface area contributed by atoms with Crippen LogP contribution in [0.3, 0.4) is 0 Å². The summed E-state index contributed by atoms with van der Waals surface area (Å²) in [6.45, 7) is 1.84. The van der Waals surface area contributed by atoms with E-state index in [-0.39, 0.29) is 11.3 Å². The van der Waals surface area contributed by atoms with Crippen molar-refractivity contribution in [2.45, 2.75) is 13.3 Å². The Morgan fingerprint density at radius 1 is 1.32 bits per heavy atom. The van der Waals surface area contributed by atoms with E-state index in [0.29, 0.717) is 23.8 Å². The molecule has 0 spiro atoms. The van der Waals surface area contributed by atoms with E-state index in [4.69, 9.17) is 4.74 Å². The van der Waals surface area contributed by atoms with E-state index in [0.717, 1.165) is 12.1 Å². The Kier molecular flexibility index (Phi) is 5.25. The van der Waals surface area contributed by atoms with Crippen LogP contribution < -0.4 is 10.1 Å². The van der Waals surface area contributed by atoms with Crippen LogP contribution in [0.1, 0.15) is 23.0 Å². The van der Waals surface area contributed by atoms with Crippen LogP contribution in [0.5, 0.6) is 5.88 Å². The smallest absolute Gasteiger partial charge is 0.306 e. The highest BCUT2D eigenvalue weighted by molar-refractivity contribution is 6.05. The molecule has 144 valence electrons.